The molecule has 0 saturated carbocycles. The number of hydrogen-bond donors (Lipinski definition) is 2. The first kappa shape index (κ1) is 12.5. The minimum atomic E-state index is -0.631. The average Bonchev–Trinajstić information content (AvgIpc) is 2.85. The molecular weight excluding hydrogens is 258 g/mol. The first-order valence-electron chi connectivity index (χ1n) is 6.35. The summed E-state index contributed by atoms with van der Waals surface area (Å²) < 4.78 is 4.79. The van der Waals surface area contributed by atoms with Crippen LogP contribution in [0.4, 0.5) is 0 Å². The maximum absolute atomic E-state index is 12.1. The molecule has 1 atom stereocenters. The van der Waals surface area contributed by atoms with Gasteiger partial charge in [0.2, 0.25) is 0 Å². The van der Waals surface area contributed by atoms with Crippen LogP contribution in [0.1, 0.15) is 16.8 Å². The number of carbonyl (C=O) groups is 2. The van der Waals surface area contributed by atoms with Gasteiger partial charge in [-0.25, -0.2) is 4.79 Å². The summed E-state index contributed by atoms with van der Waals surface area (Å²) in [7, 11) is 0. The van der Waals surface area contributed by atoms with Crippen molar-refractivity contribution in [2.45, 2.75) is 12.5 Å². The van der Waals surface area contributed by atoms with Crippen LogP contribution in [0, 0.1) is 0 Å². The maximum atomic E-state index is 12.1. The molecule has 2 aromatic carbocycles. The molecule has 1 unspecified atom stereocenters. The van der Waals surface area contributed by atoms with Crippen molar-refractivity contribution in [2.24, 2.45) is 0 Å². The van der Waals surface area contributed by atoms with Crippen molar-refractivity contribution in [2.75, 3.05) is 6.61 Å². The molecular formula is C15H13NO4. The van der Waals surface area contributed by atoms with E-state index in [-0.39, 0.29) is 11.3 Å². The number of rotatable bonds is 2. The van der Waals surface area contributed by atoms with Gasteiger partial charge < -0.3 is 15.2 Å². The summed E-state index contributed by atoms with van der Waals surface area (Å²) in [5.41, 5.74) is 0.156. The Hall–Kier alpha value is -2.56. The van der Waals surface area contributed by atoms with Crippen molar-refractivity contribution in [3.05, 3.63) is 42.0 Å². The lowest BCUT2D eigenvalue weighted by molar-refractivity contribution is -0.139. The number of aromatic hydroxyl groups is 1. The molecule has 20 heavy (non-hydrogen) atoms. The summed E-state index contributed by atoms with van der Waals surface area (Å²) >= 11 is 0. The second-order valence-corrected chi connectivity index (χ2v) is 4.67. The molecule has 1 heterocycles. The van der Waals surface area contributed by atoms with Gasteiger partial charge in [-0.15, -0.1) is 0 Å². The quantitative estimate of drug-likeness (QED) is 0.813. The van der Waals surface area contributed by atoms with Gasteiger partial charge in [-0.3, -0.25) is 4.79 Å². The molecule has 102 valence electrons. The average molecular weight is 271 g/mol. The van der Waals surface area contributed by atoms with Gasteiger partial charge in [-0.05, 0) is 11.5 Å². The zero-order chi connectivity index (χ0) is 14.1. The molecule has 1 saturated heterocycles. The van der Waals surface area contributed by atoms with Crippen molar-refractivity contribution in [3.8, 4) is 5.75 Å². The van der Waals surface area contributed by atoms with E-state index in [0.717, 1.165) is 5.39 Å². The number of cyclic esters (lactones) is 1. The largest absolute Gasteiger partial charge is 0.506 e. The molecule has 1 amide bonds. The smallest absolute Gasteiger partial charge is 0.328 e. The first-order chi connectivity index (χ1) is 9.66. The number of fused-ring (bicyclic) bond motifs is 1. The maximum Gasteiger partial charge on any atom is 0.328 e. The van der Waals surface area contributed by atoms with E-state index in [1.54, 1.807) is 24.3 Å². The minimum Gasteiger partial charge on any atom is -0.506 e. The zero-order valence-electron chi connectivity index (χ0n) is 10.6. The van der Waals surface area contributed by atoms with Gasteiger partial charge in [0.15, 0.2) is 0 Å². The number of amides is 1. The molecule has 1 fully saturated rings. The van der Waals surface area contributed by atoms with Crippen LogP contribution in [0.5, 0.6) is 5.75 Å². The van der Waals surface area contributed by atoms with E-state index in [9.17, 15) is 14.7 Å². The number of carbonyl (C=O) groups excluding carboxylic acids is 2. The van der Waals surface area contributed by atoms with E-state index >= 15 is 0 Å². The predicted molar refractivity (Wildman–Crippen MR) is 72.4 cm³/mol. The topological polar surface area (TPSA) is 75.6 Å². The molecule has 3 rings (SSSR count). The third kappa shape index (κ3) is 2.07. The Morgan fingerprint density at radius 1 is 1.25 bits per heavy atom. The van der Waals surface area contributed by atoms with Crippen LogP contribution < -0.4 is 5.32 Å². The Labute approximate surface area is 115 Å². The Balaban J connectivity index is 1.91. The van der Waals surface area contributed by atoms with Gasteiger partial charge in [0.25, 0.3) is 5.91 Å². The minimum absolute atomic E-state index is 0.0769. The van der Waals surface area contributed by atoms with Crippen molar-refractivity contribution >= 4 is 22.6 Å². The van der Waals surface area contributed by atoms with E-state index in [1.807, 2.05) is 12.1 Å². The van der Waals surface area contributed by atoms with Gasteiger partial charge in [-0.2, -0.15) is 0 Å². The number of nitrogens with one attached hydrogen (secondary N) is 1. The zero-order valence-corrected chi connectivity index (χ0v) is 10.6. The fourth-order valence-electron chi connectivity index (χ4n) is 2.30. The van der Waals surface area contributed by atoms with Crippen LogP contribution in [-0.2, 0) is 9.53 Å². The van der Waals surface area contributed by atoms with Gasteiger partial charge in [0, 0.05) is 11.8 Å². The highest BCUT2D eigenvalue weighted by molar-refractivity contribution is 6.04. The normalized spacial score (nSPS) is 18.0. The van der Waals surface area contributed by atoms with Crippen molar-refractivity contribution < 1.29 is 19.4 Å². The molecule has 2 N–H and O–H groups in total. The van der Waals surface area contributed by atoms with E-state index in [0.29, 0.717) is 18.4 Å². The molecule has 0 aliphatic carbocycles. The fraction of sp³-hybridized carbons (Fsp3) is 0.200. The van der Waals surface area contributed by atoms with Gasteiger partial charge >= 0.3 is 5.97 Å². The molecule has 5 heteroatoms. The van der Waals surface area contributed by atoms with E-state index < -0.39 is 17.9 Å². The van der Waals surface area contributed by atoms with E-state index in [1.165, 1.54) is 0 Å². The van der Waals surface area contributed by atoms with Crippen LogP contribution in [0.25, 0.3) is 10.8 Å². The number of benzene rings is 2. The Kier molecular flexibility index (Phi) is 3.02. The van der Waals surface area contributed by atoms with Crippen LogP contribution in [-0.4, -0.2) is 29.6 Å². The number of hydrogen-bond acceptors (Lipinski definition) is 4. The summed E-state index contributed by atoms with van der Waals surface area (Å²) in [5, 5.41) is 14.2. The summed E-state index contributed by atoms with van der Waals surface area (Å²) in [6.45, 7) is 0.313. The van der Waals surface area contributed by atoms with Gasteiger partial charge in [0.1, 0.15) is 11.8 Å². The van der Waals surface area contributed by atoms with Crippen LogP contribution >= 0.6 is 0 Å². The highest BCUT2D eigenvalue weighted by atomic mass is 16.5. The Morgan fingerprint density at radius 3 is 2.80 bits per heavy atom. The lowest BCUT2D eigenvalue weighted by atomic mass is 10.0. The van der Waals surface area contributed by atoms with Crippen molar-refractivity contribution in [1.82, 2.24) is 5.32 Å². The number of ether oxygens (including phenoxy) is 1. The SMILES string of the molecule is O=C(NC1CCOC1=O)c1ccc2ccccc2c1O. The lowest BCUT2D eigenvalue weighted by Gasteiger charge is -2.11. The highest BCUT2D eigenvalue weighted by Gasteiger charge is 2.29. The Morgan fingerprint density at radius 2 is 2.05 bits per heavy atom. The van der Waals surface area contributed by atoms with Crippen LogP contribution in [0.15, 0.2) is 36.4 Å². The van der Waals surface area contributed by atoms with Gasteiger partial charge in [-0.1, -0.05) is 30.3 Å². The molecule has 2 aromatic rings. The fourth-order valence-corrected chi connectivity index (χ4v) is 2.30. The monoisotopic (exact) mass is 271 g/mol. The predicted octanol–water partition coefficient (Wildman–Crippen LogP) is 1.59. The molecule has 0 bridgehead atoms. The first-order valence-corrected chi connectivity index (χ1v) is 6.35. The summed E-state index contributed by atoms with van der Waals surface area (Å²) in [4.78, 5) is 23.5. The highest BCUT2D eigenvalue weighted by Crippen LogP contribution is 2.28. The molecule has 1 aliphatic rings. The summed E-state index contributed by atoms with van der Waals surface area (Å²) in [6.07, 6.45) is 0.457. The molecule has 0 spiro atoms. The number of esters is 1. The number of phenolic OH excluding ortho intramolecular Hbond substituents is 1. The van der Waals surface area contributed by atoms with E-state index in [4.69, 9.17) is 4.74 Å². The second-order valence-electron chi connectivity index (χ2n) is 4.67. The van der Waals surface area contributed by atoms with Gasteiger partial charge in [0.05, 0.1) is 12.2 Å². The van der Waals surface area contributed by atoms with Crippen LogP contribution in [0.2, 0.25) is 0 Å². The third-order valence-corrected chi connectivity index (χ3v) is 3.39. The molecule has 1 aliphatic heterocycles. The van der Waals surface area contributed by atoms with Crippen molar-refractivity contribution in [1.29, 1.82) is 0 Å². The van der Waals surface area contributed by atoms with Crippen LogP contribution in [0.3, 0.4) is 0 Å². The lowest BCUT2D eigenvalue weighted by Crippen LogP contribution is -2.37. The Bertz CT molecular complexity index is 695. The molecule has 5 nitrogen and oxygen atoms in total. The molecule has 0 radical (unpaired) electrons. The second kappa shape index (κ2) is 4.85. The standard InChI is InChI=1S/C15H13NO4/c17-13-10-4-2-1-3-9(10)5-6-11(13)14(18)16-12-7-8-20-15(12)19/h1-6,12,17H,7-8H2,(H,16,18). The van der Waals surface area contributed by atoms with E-state index in [2.05, 4.69) is 5.32 Å². The summed E-state index contributed by atoms with van der Waals surface area (Å²) in [6, 6.07) is 9.92. The van der Waals surface area contributed by atoms with Crippen molar-refractivity contribution in [3.63, 3.8) is 0 Å². The number of phenols is 1. The third-order valence-electron chi connectivity index (χ3n) is 3.39. The molecule has 0 aromatic heterocycles. The summed E-state index contributed by atoms with van der Waals surface area (Å²) in [5.74, 6) is -0.984.